The number of hydrogen-bond acceptors (Lipinski definition) is 5. The first kappa shape index (κ1) is 15.7. The summed E-state index contributed by atoms with van der Waals surface area (Å²) < 4.78 is 2.30. The predicted octanol–water partition coefficient (Wildman–Crippen LogP) is 2.80. The van der Waals surface area contributed by atoms with Gasteiger partial charge < -0.3 is 9.47 Å². The highest BCUT2D eigenvalue weighted by molar-refractivity contribution is 7.09. The number of thiazole rings is 1. The van der Waals surface area contributed by atoms with Crippen LogP contribution in [-0.2, 0) is 13.0 Å². The van der Waals surface area contributed by atoms with E-state index in [1.165, 1.54) is 11.3 Å². The fourth-order valence-electron chi connectivity index (χ4n) is 4.21. The summed E-state index contributed by atoms with van der Waals surface area (Å²) in [6, 6.07) is 4.02. The monoisotopic (exact) mass is 365 g/mol. The van der Waals surface area contributed by atoms with Crippen molar-refractivity contribution in [3.63, 3.8) is 0 Å². The predicted molar refractivity (Wildman–Crippen MR) is 99.0 cm³/mol. The zero-order valence-corrected chi connectivity index (χ0v) is 15.4. The molecule has 6 nitrogen and oxygen atoms in total. The molecule has 132 valence electrons. The number of fused-ring (bicyclic) bond motifs is 1. The first-order valence-electron chi connectivity index (χ1n) is 8.80. The maximum atomic E-state index is 12.7. The SMILES string of the molecule is Cc1nc(C(=O)N2CC[C@]3(Cc4ncc(-c5cccnc5)n4C3)C2)cs1. The summed E-state index contributed by atoms with van der Waals surface area (Å²) in [5.41, 5.74) is 2.88. The van der Waals surface area contributed by atoms with Crippen molar-refractivity contribution < 1.29 is 4.79 Å². The van der Waals surface area contributed by atoms with E-state index in [-0.39, 0.29) is 11.3 Å². The summed E-state index contributed by atoms with van der Waals surface area (Å²) in [5, 5.41) is 2.80. The van der Waals surface area contributed by atoms with E-state index in [4.69, 9.17) is 0 Å². The Balaban J connectivity index is 1.37. The number of carbonyl (C=O) groups excluding carboxylic acids is 1. The Hall–Kier alpha value is -2.54. The molecule has 2 aliphatic heterocycles. The molecule has 1 spiro atoms. The molecule has 0 aromatic carbocycles. The smallest absolute Gasteiger partial charge is 0.273 e. The normalized spacial score (nSPS) is 21.5. The Morgan fingerprint density at radius 1 is 1.31 bits per heavy atom. The second-order valence-corrected chi connectivity index (χ2v) is 8.35. The van der Waals surface area contributed by atoms with Gasteiger partial charge in [-0.3, -0.25) is 9.78 Å². The van der Waals surface area contributed by atoms with Crippen LogP contribution in [0.25, 0.3) is 11.3 Å². The Morgan fingerprint density at radius 3 is 3.00 bits per heavy atom. The number of hydrogen-bond donors (Lipinski definition) is 0. The molecule has 0 bridgehead atoms. The average Bonchev–Trinajstić information content (AvgIpc) is 3.40. The van der Waals surface area contributed by atoms with Gasteiger partial charge >= 0.3 is 0 Å². The van der Waals surface area contributed by atoms with Crippen molar-refractivity contribution >= 4 is 17.2 Å². The molecule has 0 saturated carbocycles. The summed E-state index contributed by atoms with van der Waals surface area (Å²) in [6.45, 7) is 4.41. The molecule has 0 N–H and O–H groups in total. The lowest BCUT2D eigenvalue weighted by molar-refractivity contribution is 0.0766. The van der Waals surface area contributed by atoms with Gasteiger partial charge in [0.2, 0.25) is 0 Å². The van der Waals surface area contributed by atoms with Gasteiger partial charge in [-0.1, -0.05) is 0 Å². The maximum absolute atomic E-state index is 12.7. The molecule has 26 heavy (non-hydrogen) atoms. The Morgan fingerprint density at radius 2 is 2.23 bits per heavy atom. The van der Waals surface area contributed by atoms with Gasteiger partial charge in [0.1, 0.15) is 11.5 Å². The zero-order valence-electron chi connectivity index (χ0n) is 14.6. The van der Waals surface area contributed by atoms with Crippen LogP contribution in [0.15, 0.2) is 36.1 Å². The molecule has 0 radical (unpaired) electrons. The number of amides is 1. The van der Waals surface area contributed by atoms with Crippen LogP contribution >= 0.6 is 11.3 Å². The Kier molecular flexibility index (Phi) is 3.46. The summed E-state index contributed by atoms with van der Waals surface area (Å²) in [7, 11) is 0. The Labute approximate surface area is 155 Å². The average molecular weight is 365 g/mol. The van der Waals surface area contributed by atoms with Crippen molar-refractivity contribution in [2.24, 2.45) is 5.41 Å². The van der Waals surface area contributed by atoms with Crippen molar-refractivity contribution in [3.8, 4) is 11.3 Å². The summed E-state index contributed by atoms with van der Waals surface area (Å²) in [6.07, 6.45) is 7.54. The number of pyridine rings is 1. The number of carbonyl (C=O) groups is 1. The standard InChI is InChI=1S/C19H19N5OS/c1-13-22-15(10-26-13)18(25)23-6-4-19(11-23)7-17-21-9-16(24(17)12-19)14-3-2-5-20-8-14/h2-3,5,8-10H,4,6-7,11-12H2,1H3/t19-/m0/s1. The highest BCUT2D eigenvalue weighted by atomic mass is 32.1. The summed E-state index contributed by atoms with van der Waals surface area (Å²) in [5.74, 6) is 1.17. The number of likely N-dealkylation sites (tertiary alicyclic amines) is 1. The van der Waals surface area contributed by atoms with Crippen LogP contribution in [0.2, 0.25) is 0 Å². The number of imidazole rings is 1. The van der Waals surface area contributed by atoms with Gasteiger partial charge in [-0.15, -0.1) is 11.3 Å². The van der Waals surface area contributed by atoms with E-state index in [0.29, 0.717) is 5.69 Å². The minimum Gasteiger partial charge on any atom is -0.337 e. The fourth-order valence-corrected chi connectivity index (χ4v) is 4.80. The van der Waals surface area contributed by atoms with Gasteiger partial charge in [-0.2, -0.15) is 0 Å². The van der Waals surface area contributed by atoms with E-state index >= 15 is 0 Å². The third-order valence-electron chi connectivity index (χ3n) is 5.49. The minimum atomic E-state index is 0.0586. The molecule has 3 aromatic heterocycles. The van der Waals surface area contributed by atoms with Crippen molar-refractivity contribution in [2.75, 3.05) is 13.1 Å². The van der Waals surface area contributed by atoms with Crippen LogP contribution in [0, 0.1) is 12.3 Å². The van der Waals surface area contributed by atoms with Gasteiger partial charge in [-0.05, 0) is 25.5 Å². The lowest BCUT2D eigenvalue weighted by atomic mass is 9.86. The second-order valence-electron chi connectivity index (χ2n) is 7.29. The lowest BCUT2D eigenvalue weighted by Crippen LogP contribution is -2.33. The molecule has 1 amide bonds. The van der Waals surface area contributed by atoms with Crippen LogP contribution in [0.3, 0.4) is 0 Å². The van der Waals surface area contributed by atoms with Gasteiger partial charge in [-0.25, -0.2) is 9.97 Å². The minimum absolute atomic E-state index is 0.0586. The van der Waals surface area contributed by atoms with Gasteiger partial charge in [0.15, 0.2) is 0 Å². The molecule has 1 saturated heterocycles. The molecule has 0 aliphatic carbocycles. The molecule has 5 rings (SSSR count). The zero-order chi connectivity index (χ0) is 17.7. The van der Waals surface area contributed by atoms with Gasteiger partial charge in [0.25, 0.3) is 5.91 Å². The van der Waals surface area contributed by atoms with Crippen LogP contribution in [0.5, 0.6) is 0 Å². The number of aryl methyl sites for hydroxylation is 1. The number of nitrogens with zero attached hydrogens (tertiary/aromatic N) is 5. The van der Waals surface area contributed by atoms with Crippen LogP contribution < -0.4 is 0 Å². The van der Waals surface area contributed by atoms with Crippen LogP contribution in [-0.4, -0.2) is 43.4 Å². The number of rotatable bonds is 2. The van der Waals surface area contributed by atoms with E-state index in [2.05, 4.69) is 25.6 Å². The van der Waals surface area contributed by atoms with Crippen LogP contribution in [0.1, 0.15) is 27.7 Å². The van der Waals surface area contributed by atoms with Crippen LogP contribution in [0.4, 0.5) is 0 Å². The fraction of sp³-hybridized carbons (Fsp3) is 0.368. The van der Waals surface area contributed by atoms with E-state index in [1.807, 2.05) is 35.7 Å². The Bertz CT molecular complexity index is 979. The first-order chi connectivity index (χ1) is 12.6. The van der Waals surface area contributed by atoms with Crippen molar-refractivity contribution in [3.05, 3.63) is 52.6 Å². The summed E-state index contributed by atoms with van der Waals surface area (Å²) in [4.78, 5) is 27.9. The molecule has 1 atom stereocenters. The molecule has 2 aliphatic rings. The second kappa shape index (κ2) is 5.74. The lowest BCUT2D eigenvalue weighted by Gasteiger charge is -2.23. The highest BCUT2D eigenvalue weighted by Gasteiger charge is 2.46. The molecule has 7 heteroatoms. The first-order valence-corrected chi connectivity index (χ1v) is 9.68. The molecule has 1 fully saturated rings. The van der Waals surface area contributed by atoms with E-state index in [0.717, 1.165) is 54.6 Å². The maximum Gasteiger partial charge on any atom is 0.273 e. The third-order valence-corrected chi connectivity index (χ3v) is 6.26. The number of aromatic nitrogens is 4. The van der Waals surface area contributed by atoms with E-state index in [9.17, 15) is 4.79 Å². The van der Waals surface area contributed by atoms with Crippen molar-refractivity contribution in [1.82, 2.24) is 24.4 Å². The molecular formula is C19H19N5OS. The molecule has 0 unspecified atom stereocenters. The molecular weight excluding hydrogens is 346 g/mol. The molecule has 3 aromatic rings. The van der Waals surface area contributed by atoms with E-state index < -0.39 is 0 Å². The highest BCUT2D eigenvalue weighted by Crippen LogP contribution is 2.42. The van der Waals surface area contributed by atoms with Crippen molar-refractivity contribution in [2.45, 2.75) is 26.3 Å². The third kappa shape index (κ3) is 2.46. The quantitative estimate of drug-likeness (QED) is 0.700. The largest absolute Gasteiger partial charge is 0.337 e. The van der Waals surface area contributed by atoms with Gasteiger partial charge in [0, 0.05) is 54.8 Å². The summed E-state index contributed by atoms with van der Waals surface area (Å²) >= 11 is 1.53. The van der Waals surface area contributed by atoms with Gasteiger partial charge in [0.05, 0.1) is 16.9 Å². The van der Waals surface area contributed by atoms with E-state index in [1.54, 1.807) is 6.20 Å². The molecule has 5 heterocycles. The topological polar surface area (TPSA) is 63.9 Å². The van der Waals surface area contributed by atoms with Crippen molar-refractivity contribution in [1.29, 1.82) is 0 Å².